The first-order chi connectivity index (χ1) is 14.5. The van der Waals surface area contributed by atoms with Crippen LogP contribution in [0.5, 0.6) is 0 Å². The van der Waals surface area contributed by atoms with Gasteiger partial charge in [-0.1, -0.05) is 37.6 Å². The number of methoxy groups -OCH3 is 1. The Balaban J connectivity index is 1.38. The minimum atomic E-state index is -0.550. The minimum Gasteiger partial charge on any atom is -0.438 e. The molecule has 5 rings (SSSR count). The Bertz CT molecular complexity index is 891. The fraction of sp³-hybridized carbons (Fsp3) is 0.615. The zero-order valence-corrected chi connectivity index (χ0v) is 18.4. The molecular formula is C26H33NO3. The molecule has 0 N–H and O–H groups in total. The lowest BCUT2D eigenvalue weighted by Crippen LogP contribution is -2.50. The molecule has 30 heavy (non-hydrogen) atoms. The molecule has 0 bridgehead atoms. The number of pyridine rings is 1. The number of fused-ring (bicyclic) bond motifs is 5. The summed E-state index contributed by atoms with van der Waals surface area (Å²) in [5.74, 6) is 2.18. The van der Waals surface area contributed by atoms with Crippen LogP contribution < -0.4 is 0 Å². The van der Waals surface area contributed by atoms with Gasteiger partial charge in [0, 0.05) is 18.8 Å². The summed E-state index contributed by atoms with van der Waals surface area (Å²) >= 11 is 0. The third-order valence-corrected chi connectivity index (χ3v) is 9.04. The van der Waals surface area contributed by atoms with Crippen molar-refractivity contribution in [3.05, 3.63) is 47.8 Å². The molecular weight excluding hydrogens is 374 g/mol. The molecule has 2 saturated carbocycles. The van der Waals surface area contributed by atoms with E-state index in [1.807, 2.05) is 12.4 Å². The Hall–Kier alpha value is -2.10. The van der Waals surface area contributed by atoms with E-state index in [0.29, 0.717) is 5.92 Å². The van der Waals surface area contributed by atoms with E-state index in [-0.39, 0.29) is 16.9 Å². The van der Waals surface area contributed by atoms with Crippen molar-refractivity contribution in [1.82, 2.24) is 4.98 Å². The predicted octanol–water partition coefficient (Wildman–Crippen LogP) is 6.19. The molecule has 4 aliphatic rings. The maximum Gasteiger partial charge on any atom is 0.508 e. The van der Waals surface area contributed by atoms with Gasteiger partial charge in [0.15, 0.2) is 0 Å². The number of carbonyl (C=O) groups excluding carboxylic acids is 1. The minimum absolute atomic E-state index is 0.0347. The number of ether oxygens (including phenoxy) is 2. The molecule has 1 aromatic heterocycles. The van der Waals surface area contributed by atoms with Crippen molar-refractivity contribution in [2.75, 3.05) is 7.11 Å². The van der Waals surface area contributed by atoms with Crippen LogP contribution in [0.2, 0.25) is 0 Å². The van der Waals surface area contributed by atoms with Gasteiger partial charge in [0.2, 0.25) is 0 Å². The lowest BCUT2D eigenvalue weighted by molar-refractivity contribution is -0.0335. The van der Waals surface area contributed by atoms with Crippen LogP contribution in [0.1, 0.15) is 64.4 Å². The second kappa shape index (κ2) is 7.25. The topological polar surface area (TPSA) is 48.4 Å². The summed E-state index contributed by atoms with van der Waals surface area (Å²) in [6.07, 6.45) is 16.1. The Morgan fingerprint density at radius 2 is 1.93 bits per heavy atom. The zero-order valence-electron chi connectivity index (χ0n) is 18.4. The Labute approximate surface area is 179 Å². The SMILES string of the molecule is COC(=O)O[C@H]1CC[C@@]2(C)C(=CC[C@@H]3[C@@H]2CC[C@]2(C)C(c4cccnc4)=CC[C@@H]32)C1. The highest BCUT2D eigenvalue weighted by Gasteiger charge is 2.57. The summed E-state index contributed by atoms with van der Waals surface area (Å²) in [7, 11) is 1.38. The van der Waals surface area contributed by atoms with Crippen molar-refractivity contribution < 1.29 is 14.3 Å². The zero-order chi connectivity index (χ0) is 20.9. The van der Waals surface area contributed by atoms with Crippen LogP contribution in [0.3, 0.4) is 0 Å². The number of aromatic nitrogens is 1. The van der Waals surface area contributed by atoms with Gasteiger partial charge in [0.05, 0.1) is 7.11 Å². The maximum absolute atomic E-state index is 11.6. The van der Waals surface area contributed by atoms with Crippen molar-refractivity contribution >= 4 is 11.7 Å². The highest BCUT2D eigenvalue weighted by molar-refractivity contribution is 5.72. The van der Waals surface area contributed by atoms with Crippen molar-refractivity contribution in [1.29, 1.82) is 0 Å². The van der Waals surface area contributed by atoms with Crippen LogP contribution in [0.15, 0.2) is 42.3 Å². The Kier molecular flexibility index (Phi) is 4.79. The summed E-state index contributed by atoms with van der Waals surface area (Å²) in [4.78, 5) is 16.0. The second-order valence-electron chi connectivity index (χ2n) is 10.2. The van der Waals surface area contributed by atoms with E-state index in [2.05, 4.69) is 43.1 Å². The van der Waals surface area contributed by atoms with E-state index in [0.717, 1.165) is 37.5 Å². The fourth-order valence-electron chi connectivity index (χ4n) is 7.45. The van der Waals surface area contributed by atoms with Gasteiger partial charge < -0.3 is 9.47 Å². The molecule has 0 saturated heterocycles. The van der Waals surface area contributed by atoms with Crippen molar-refractivity contribution in [2.24, 2.45) is 28.6 Å². The molecule has 6 atom stereocenters. The molecule has 4 nitrogen and oxygen atoms in total. The Morgan fingerprint density at radius 1 is 1.10 bits per heavy atom. The third kappa shape index (κ3) is 2.94. The van der Waals surface area contributed by atoms with Crippen LogP contribution in [0, 0.1) is 28.6 Å². The van der Waals surface area contributed by atoms with Crippen LogP contribution in [-0.4, -0.2) is 24.4 Å². The van der Waals surface area contributed by atoms with E-state index in [9.17, 15) is 4.79 Å². The van der Waals surface area contributed by atoms with Gasteiger partial charge in [-0.15, -0.1) is 0 Å². The standard InChI is InChI=1S/C26H33NO3/c1-25-12-10-19(30-24(28)29-3)15-18(25)6-7-20-22-9-8-21(17-5-4-14-27-16-17)26(22,2)13-11-23(20)25/h4-6,8,14,16,19-20,22-23H,7,9-13,15H2,1-3H3/t19-,20-,22-,23-,25-,26+/m0/s1. The number of allylic oxidation sites excluding steroid dienone is 3. The molecule has 4 aliphatic carbocycles. The third-order valence-electron chi connectivity index (χ3n) is 9.04. The molecule has 160 valence electrons. The summed E-state index contributed by atoms with van der Waals surface area (Å²) in [6.45, 7) is 4.99. The van der Waals surface area contributed by atoms with Crippen LogP contribution in [0.4, 0.5) is 4.79 Å². The predicted molar refractivity (Wildman–Crippen MR) is 117 cm³/mol. The summed E-state index contributed by atoms with van der Waals surface area (Å²) < 4.78 is 10.2. The number of carbonyl (C=O) groups is 1. The number of nitrogens with zero attached hydrogens (tertiary/aromatic N) is 1. The molecule has 1 aromatic rings. The smallest absolute Gasteiger partial charge is 0.438 e. The summed E-state index contributed by atoms with van der Waals surface area (Å²) in [5.41, 5.74) is 4.86. The fourth-order valence-corrected chi connectivity index (χ4v) is 7.45. The first-order valence-corrected chi connectivity index (χ1v) is 11.5. The molecule has 0 aliphatic heterocycles. The van der Waals surface area contributed by atoms with Crippen molar-refractivity contribution in [2.45, 2.75) is 64.9 Å². The molecule has 0 spiro atoms. The van der Waals surface area contributed by atoms with Gasteiger partial charge in [-0.25, -0.2) is 4.79 Å². The van der Waals surface area contributed by atoms with Gasteiger partial charge in [-0.2, -0.15) is 0 Å². The van der Waals surface area contributed by atoms with Crippen molar-refractivity contribution in [3.8, 4) is 0 Å². The van der Waals surface area contributed by atoms with Crippen LogP contribution >= 0.6 is 0 Å². The second-order valence-corrected chi connectivity index (χ2v) is 10.2. The average Bonchev–Trinajstić information content (AvgIpc) is 3.11. The van der Waals surface area contributed by atoms with Crippen LogP contribution in [0.25, 0.3) is 5.57 Å². The highest BCUT2D eigenvalue weighted by atomic mass is 16.7. The number of rotatable bonds is 2. The summed E-state index contributed by atoms with van der Waals surface area (Å²) in [6, 6.07) is 4.28. The van der Waals surface area contributed by atoms with Crippen LogP contribution in [-0.2, 0) is 9.47 Å². The van der Waals surface area contributed by atoms with E-state index in [1.165, 1.54) is 43.1 Å². The molecule has 0 unspecified atom stereocenters. The first kappa shape index (κ1) is 19.8. The summed E-state index contributed by atoms with van der Waals surface area (Å²) in [5, 5.41) is 0. The van der Waals surface area contributed by atoms with Gasteiger partial charge in [-0.3, -0.25) is 4.98 Å². The molecule has 2 fully saturated rings. The van der Waals surface area contributed by atoms with Gasteiger partial charge in [-0.05, 0) is 84.3 Å². The lowest BCUT2D eigenvalue weighted by atomic mass is 9.47. The van der Waals surface area contributed by atoms with E-state index in [4.69, 9.17) is 9.47 Å². The molecule has 0 radical (unpaired) electrons. The molecule has 0 amide bonds. The van der Waals surface area contributed by atoms with E-state index < -0.39 is 6.16 Å². The average molecular weight is 408 g/mol. The van der Waals surface area contributed by atoms with Gasteiger partial charge in [0.1, 0.15) is 6.10 Å². The highest BCUT2D eigenvalue weighted by Crippen LogP contribution is 2.66. The molecule has 4 heteroatoms. The van der Waals surface area contributed by atoms with E-state index >= 15 is 0 Å². The lowest BCUT2D eigenvalue weighted by Gasteiger charge is -2.57. The number of hydrogen-bond donors (Lipinski definition) is 0. The Morgan fingerprint density at radius 3 is 2.70 bits per heavy atom. The van der Waals surface area contributed by atoms with Crippen molar-refractivity contribution in [3.63, 3.8) is 0 Å². The normalized spacial score (nSPS) is 39.7. The molecule has 0 aromatic carbocycles. The van der Waals surface area contributed by atoms with E-state index in [1.54, 1.807) is 0 Å². The first-order valence-electron chi connectivity index (χ1n) is 11.5. The van der Waals surface area contributed by atoms with Gasteiger partial charge >= 0.3 is 6.16 Å². The maximum atomic E-state index is 11.6. The monoisotopic (exact) mass is 407 g/mol. The molecule has 1 heterocycles. The largest absolute Gasteiger partial charge is 0.508 e. The quantitative estimate of drug-likeness (QED) is 0.433. The van der Waals surface area contributed by atoms with Gasteiger partial charge in [0.25, 0.3) is 0 Å². The number of hydrogen-bond acceptors (Lipinski definition) is 4.